The van der Waals surface area contributed by atoms with Crippen LogP contribution in [0.15, 0.2) is 21.2 Å². The SMILES string of the molecule is NCC(O)C1(c2ccc(Br)o2)CC1. The number of nitrogens with two attached hydrogens (primary N) is 1. The predicted octanol–water partition coefficient (Wildman–Crippen LogP) is 1.39. The molecule has 1 aliphatic rings. The van der Waals surface area contributed by atoms with Crippen LogP contribution in [-0.4, -0.2) is 17.8 Å². The molecule has 1 heterocycles. The van der Waals surface area contributed by atoms with E-state index in [0.29, 0.717) is 4.67 Å². The van der Waals surface area contributed by atoms with E-state index in [1.165, 1.54) is 0 Å². The second-order valence-corrected chi connectivity index (χ2v) is 4.29. The van der Waals surface area contributed by atoms with Gasteiger partial charge in [-0.3, -0.25) is 0 Å². The Morgan fingerprint density at radius 3 is 2.69 bits per heavy atom. The van der Waals surface area contributed by atoms with Crippen molar-refractivity contribution in [1.29, 1.82) is 0 Å². The maximum Gasteiger partial charge on any atom is 0.169 e. The summed E-state index contributed by atoms with van der Waals surface area (Å²) in [6.45, 7) is 0.290. The average molecular weight is 246 g/mol. The van der Waals surface area contributed by atoms with E-state index in [4.69, 9.17) is 10.2 Å². The van der Waals surface area contributed by atoms with Crippen LogP contribution >= 0.6 is 15.9 Å². The van der Waals surface area contributed by atoms with Gasteiger partial charge < -0.3 is 15.3 Å². The second-order valence-electron chi connectivity index (χ2n) is 3.51. The van der Waals surface area contributed by atoms with Gasteiger partial charge in [0.2, 0.25) is 0 Å². The molecule has 0 amide bonds. The van der Waals surface area contributed by atoms with Crippen molar-refractivity contribution in [3.63, 3.8) is 0 Å². The lowest BCUT2D eigenvalue weighted by Crippen LogP contribution is -2.32. The molecule has 1 aliphatic carbocycles. The van der Waals surface area contributed by atoms with Crippen molar-refractivity contribution < 1.29 is 9.52 Å². The summed E-state index contributed by atoms with van der Waals surface area (Å²) >= 11 is 3.24. The molecule has 2 rings (SSSR count). The maximum atomic E-state index is 9.71. The lowest BCUT2D eigenvalue weighted by molar-refractivity contribution is 0.127. The molecule has 0 saturated heterocycles. The van der Waals surface area contributed by atoms with Gasteiger partial charge >= 0.3 is 0 Å². The zero-order chi connectivity index (χ0) is 9.47. The Morgan fingerprint density at radius 1 is 1.62 bits per heavy atom. The van der Waals surface area contributed by atoms with Gasteiger partial charge in [0.15, 0.2) is 4.67 Å². The number of hydrogen-bond acceptors (Lipinski definition) is 3. The normalized spacial score (nSPS) is 21.5. The number of hydrogen-bond donors (Lipinski definition) is 2. The summed E-state index contributed by atoms with van der Waals surface area (Å²) in [7, 11) is 0. The molecular formula is C9H12BrNO2. The summed E-state index contributed by atoms with van der Waals surface area (Å²) in [4.78, 5) is 0. The van der Waals surface area contributed by atoms with Gasteiger partial charge in [0.1, 0.15) is 5.76 Å². The summed E-state index contributed by atoms with van der Waals surface area (Å²) in [6, 6.07) is 3.74. The summed E-state index contributed by atoms with van der Waals surface area (Å²) in [5, 5.41) is 9.71. The van der Waals surface area contributed by atoms with Crippen molar-refractivity contribution in [2.24, 2.45) is 5.73 Å². The number of furan rings is 1. The first-order valence-electron chi connectivity index (χ1n) is 4.33. The highest BCUT2D eigenvalue weighted by molar-refractivity contribution is 9.10. The van der Waals surface area contributed by atoms with Gasteiger partial charge in [-0.2, -0.15) is 0 Å². The first-order chi connectivity index (χ1) is 6.19. The molecule has 1 saturated carbocycles. The minimum Gasteiger partial charge on any atom is -0.454 e. The average Bonchev–Trinajstić information content (AvgIpc) is 2.83. The zero-order valence-corrected chi connectivity index (χ0v) is 8.75. The highest BCUT2D eigenvalue weighted by Gasteiger charge is 2.52. The van der Waals surface area contributed by atoms with Crippen LogP contribution in [0, 0.1) is 0 Å². The van der Waals surface area contributed by atoms with E-state index in [2.05, 4.69) is 15.9 Å². The Kier molecular flexibility index (Phi) is 2.21. The summed E-state index contributed by atoms with van der Waals surface area (Å²) in [6.07, 6.45) is 1.45. The number of aliphatic hydroxyl groups excluding tert-OH is 1. The van der Waals surface area contributed by atoms with E-state index >= 15 is 0 Å². The first kappa shape index (κ1) is 9.24. The zero-order valence-electron chi connectivity index (χ0n) is 7.16. The van der Waals surface area contributed by atoms with Crippen LogP contribution in [0.1, 0.15) is 18.6 Å². The number of aliphatic hydroxyl groups is 1. The van der Waals surface area contributed by atoms with Crippen molar-refractivity contribution in [3.05, 3.63) is 22.6 Å². The number of halogens is 1. The van der Waals surface area contributed by atoms with E-state index in [0.717, 1.165) is 18.6 Å². The Hall–Kier alpha value is -0.320. The van der Waals surface area contributed by atoms with Crippen LogP contribution in [0.25, 0.3) is 0 Å². The van der Waals surface area contributed by atoms with Gasteiger partial charge in [-0.1, -0.05) is 0 Å². The molecule has 0 radical (unpaired) electrons. The van der Waals surface area contributed by atoms with Crippen molar-refractivity contribution >= 4 is 15.9 Å². The van der Waals surface area contributed by atoms with Gasteiger partial charge in [-0.15, -0.1) is 0 Å². The molecule has 0 spiro atoms. The fourth-order valence-electron chi connectivity index (χ4n) is 1.69. The maximum absolute atomic E-state index is 9.71. The molecule has 1 unspecified atom stereocenters. The van der Waals surface area contributed by atoms with Gasteiger partial charge in [-0.25, -0.2) is 0 Å². The Balaban J connectivity index is 2.25. The minimum atomic E-state index is -0.481. The molecule has 72 valence electrons. The van der Waals surface area contributed by atoms with Gasteiger partial charge in [0.05, 0.1) is 11.5 Å². The van der Waals surface area contributed by atoms with Gasteiger partial charge in [-0.05, 0) is 40.9 Å². The highest BCUT2D eigenvalue weighted by atomic mass is 79.9. The van der Waals surface area contributed by atoms with Gasteiger partial charge in [0.25, 0.3) is 0 Å². The molecule has 1 aromatic heterocycles. The summed E-state index contributed by atoms with van der Waals surface area (Å²) in [5.41, 5.74) is 5.25. The molecule has 0 aromatic carbocycles. The summed E-state index contributed by atoms with van der Waals surface area (Å²) < 4.78 is 6.14. The monoisotopic (exact) mass is 245 g/mol. The van der Waals surface area contributed by atoms with E-state index in [1.807, 2.05) is 12.1 Å². The van der Waals surface area contributed by atoms with Crippen LogP contribution in [0.5, 0.6) is 0 Å². The molecular weight excluding hydrogens is 234 g/mol. The Morgan fingerprint density at radius 2 is 2.31 bits per heavy atom. The third-order valence-corrected chi connectivity index (χ3v) is 3.14. The molecule has 13 heavy (non-hydrogen) atoms. The topological polar surface area (TPSA) is 59.4 Å². The third-order valence-electron chi connectivity index (χ3n) is 2.71. The first-order valence-corrected chi connectivity index (χ1v) is 5.12. The van der Waals surface area contributed by atoms with Gasteiger partial charge in [0, 0.05) is 6.54 Å². The fraction of sp³-hybridized carbons (Fsp3) is 0.556. The van der Waals surface area contributed by atoms with E-state index < -0.39 is 6.10 Å². The minimum absolute atomic E-state index is 0.194. The molecule has 3 N–H and O–H groups in total. The molecule has 1 fully saturated rings. The highest BCUT2D eigenvalue weighted by Crippen LogP contribution is 2.51. The molecule has 0 bridgehead atoms. The van der Waals surface area contributed by atoms with Crippen LogP contribution in [0.2, 0.25) is 0 Å². The quantitative estimate of drug-likeness (QED) is 0.847. The van der Waals surface area contributed by atoms with E-state index in [9.17, 15) is 5.11 Å². The Labute approximate surface area is 85.0 Å². The molecule has 3 nitrogen and oxygen atoms in total. The van der Waals surface area contributed by atoms with Crippen LogP contribution in [0.3, 0.4) is 0 Å². The van der Waals surface area contributed by atoms with Crippen molar-refractivity contribution in [1.82, 2.24) is 0 Å². The summed E-state index contributed by atoms with van der Waals surface area (Å²) in [5.74, 6) is 0.845. The smallest absolute Gasteiger partial charge is 0.169 e. The van der Waals surface area contributed by atoms with E-state index in [-0.39, 0.29) is 12.0 Å². The van der Waals surface area contributed by atoms with Crippen molar-refractivity contribution in [2.75, 3.05) is 6.54 Å². The Bertz CT molecular complexity index is 306. The largest absolute Gasteiger partial charge is 0.454 e. The molecule has 1 atom stereocenters. The van der Waals surface area contributed by atoms with Crippen molar-refractivity contribution in [3.8, 4) is 0 Å². The molecule has 4 heteroatoms. The van der Waals surface area contributed by atoms with Crippen LogP contribution in [0.4, 0.5) is 0 Å². The molecule has 1 aromatic rings. The molecule has 0 aliphatic heterocycles. The lowest BCUT2D eigenvalue weighted by atomic mass is 9.96. The number of rotatable bonds is 3. The third kappa shape index (κ3) is 1.43. The predicted molar refractivity (Wildman–Crippen MR) is 52.4 cm³/mol. The lowest BCUT2D eigenvalue weighted by Gasteiger charge is -2.17. The standard InChI is InChI=1S/C9H12BrNO2/c10-8-2-1-7(13-8)9(3-4-9)6(12)5-11/h1-2,6,12H,3-5,11H2. The fourth-order valence-corrected chi connectivity index (χ4v) is 1.99. The van der Waals surface area contributed by atoms with Crippen molar-refractivity contribution in [2.45, 2.75) is 24.4 Å². The van der Waals surface area contributed by atoms with Crippen LogP contribution in [-0.2, 0) is 5.41 Å². The second kappa shape index (κ2) is 3.12. The van der Waals surface area contributed by atoms with E-state index in [1.54, 1.807) is 0 Å². The van der Waals surface area contributed by atoms with Crippen LogP contribution < -0.4 is 5.73 Å².